The molecule has 2 aromatic rings. The lowest BCUT2D eigenvalue weighted by molar-refractivity contribution is -0.0444. The van der Waals surface area contributed by atoms with Crippen molar-refractivity contribution in [3.8, 4) is 0 Å². The Kier molecular flexibility index (Phi) is 3.15. The molecule has 4 bridgehead atoms. The second kappa shape index (κ2) is 5.27. The number of hydrogen-bond donors (Lipinski definition) is 1. The van der Waals surface area contributed by atoms with E-state index in [2.05, 4.69) is 15.5 Å². The summed E-state index contributed by atoms with van der Waals surface area (Å²) in [5.41, 5.74) is 2.64. The van der Waals surface area contributed by atoms with Gasteiger partial charge in [0.2, 0.25) is 0 Å². The van der Waals surface area contributed by atoms with E-state index in [-0.39, 0.29) is 0 Å². The molecule has 0 spiro atoms. The van der Waals surface area contributed by atoms with Gasteiger partial charge < -0.3 is 5.32 Å². The van der Waals surface area contributed by atoms with E-state index in [4.69, 9.17) is 0 Å². The minimum absolute atomic E-state index is 0.443. The number of pyridine rings is 1. The first-order valence-corrected chi connectivity index (χ1v) is 9.20. The van der Waals surface area contributed by atoms with Gasteiger partial charge in [0.25, 0.3) is 0 Å². The number of rotatable bonds is 4. The van der Waals surface area contributed by atoms with Crippen molar-refractivity contribution in [2.45, 2.75) is 38.5 Å². The molecule has 1 aromatic carbocycles. The average Bonchev–Trinajstić information content (AvgIpc) is 2.58. The van der Waals surface area contributed by atoms with Crippen molar-refractivity contribution in [1.82, 2.24) is 4.98 Å². The van der Waals surface area contributed by atoms with Gasteiger partial charge in [-0.1, -0.05) is 0 Å². The lowest BCUT2D eigenvalue weighted by Crippen LogP contribution is -2.49. The van der Waals surface area contributed by atoms with Gasteiger partial charge in [0.1, 0.15) is 5.69 Å². The Hall–Kier alpha value is -1.97. The molecular formula is C20H23N3O. The van der Waals surface area contributed by atoms with Crippen molar-refractivity contribution in [1.29, 1.82) is 0 Å². The molecule has 0 amide bonds. The van der Waals surface area contributed by atoms with Gasteiger partial charge in [0.15, 0.2) is 0 Å². The van der Waals surface area contributed by atoms with Crippen LogP contribution in [0.1, 0.15) is 38.5 Å². The Morgan fingerprint density at radius 2 is 1.79 bits per heavy atom. The third-order valence-corrected chi connectivity index (χ3v) is 6.67. The fourth-order valence-electron chi connectivity index (χ4n) is 6.17. The third kappa shape index (κ3) is 2.23. The molecule has 1 aromatic heterocycles. The van der Waals surface area contributed by atoms with Crippen molar-refractivity contribution >= 4 is 22.3 Å². The summed E-state index contributed by atoms with van der Waals surface area (Å²) in [5.74, 6) is 2.84. The van der Waals surface area contributed by atoms with Gasteiger partial charge in [0.05, 0.1) is 11.2 Å². The topological polar surface area (TPSA) is 54.4 Å². The van der Waals surface area contributed by atoms with E-state index in [1.54, 1.807) is 6.20 Å². The molecule has 1 heterocycles. The first-order valence-electron chi connectivity index (χ1n) is 9.20. The van der Waals surface area contributed by atoms with Gasteiger partial charge in [-0.3, -0.25) is 4.98 Å². The average molecular weight is 321 g/mol. The van der Waals surface area contributed by atoms with Crippen LogP contribution >= 0.6 is 0 Å². The molecule has 24 heavy (non-hydrogen) atoms. The van der Waals surface area contributed by atoms with Gasteiger partial charge in [0, 0.05) is 18.1 Å². The Balaban J connectivity index is 1.42. The van der Waals surface area contributed by atoms with Crippen molar-refractivity contribution in [2.24, 2.45) is 28.3 Å². The van der Waals surface area contributed by atoms with Crippen molar-refractivity contribution in [3.05, 3.63) is 35.4 Å². The molecule has 4 saturated carbocycles. The van der Waals surface area contributed by atoms with Crippen LogP contribution in [0.4, 0.5) is 11.4 Å². The Labute approximate surface area is 142 Å². The largest absolute Gasteiger partial charge is 0.383 e. The van der Waals surface area contributed by atoms with Crippen LogP contribution in [0.2, 0.25) is 0 Å². The smallest absolute Gasteiger partial charge is 0.140 e. The van der Waals surface area contributed by atoms with E-state index >= 15 is 0 Å². The van der Waals surface area contributed by atoms with E-state index in [0.717, 1.165) is 40.9 Å². The molecule has 0 radical (unpaired) electrons. The number of nitrogens with zero attached hydrogens (tertiary/aromatic N) is 2. The number of aromatic nitrogens is 1. The monoisotopic (exact) mass is 321 g/mol. The summed E-state index contributed by atoms with van der Waals surface area (Å²) >= 11 is 0. The van der Waals surface area contributed by atoms with Crippen molar-refractivity contribution in [3.63, 3.8) is 0 Å². The fourth-order valence-corrected chi connectivity index (χ4v) is 6.17. The maximum Gasteiger partial charge on any atom is 0.140 e. The van der Waals surface area contributed by atoms with E-state index in [0.29, 0.717) is 11.1 Å². The highest BCUT2D eigenvalue weighted by molar-refractivity contribution is 5.96. The highest BCUT2D eigenvalue weighted by Gasteiger charge is 2.50. The molecule has 4 fully saturated rings. The van der Waals surface area contributed by atoms with Crippen LogP contribution in [0.25, 0.3) is 10.9 Å². The van der Waals surface area contributed by atoms with Crippen LogP contribution in [0.15, 0.2) is 35.6 Å². The number of nitrogens with one attached hydrogen (secondary N) is 1. The molecule has 4 aliphatic carbocycles. The summed E-state index contributed by atoms with van der Waals surface area (Å²) in [4.78, 5) is 15.8. The molecule has 0 saturated heterocycles. The Bertz CT molecular complexity index is 765. The zero-order chi connectivity index (χ0) is 16.1. The molecule has 0 atom stereocenters. The Morgan fingerprint density at radius 3 is 2.46 bits per heavy atom. The zero-order valence-electron chi connectivity index (χ0n) is 13.9. The molecule has 6 rings (SSSR count). The fraction of sp³-hybridized carbons (Fsp3) is 0.550. The van der Waals surface area contributed by atoms with Crippen LogP contribution in [-0.4, -0.2) is 11.5 Å². The number of benzene rings is 1. The lowest BCUT2D eigenvalue weighted by Gasteiger charge is -2.57. The lowest BCUT2D eigenvalue weighted by atomic mass is 9.49. The highest BCUT2D eigenvalue weighted by Crippen LogP contribution is 2.60. The van der Waals surface area contributed by atoms with Crippen LogP contribution in [0.5, 0.6) is 0 Å². The molecule has 0 aliphatic heterocycles. The Morgan fingerprint density at radius 1 is 1.08 bits per heavy atom. The van der Waals surface area contributed by atoms with Crippen molar-refractivity contribution < 1.29 is 0 Å². The van der Waals surface area contributed by atoms with Gasteiger partial charge >= 0.3 is 0 Å². The molecule has 124 valence electrons. The molecular weight excluding hydrogens is 298 g/mol. The van der Waals surface area contributed by atoms with E-state index in [1.807, 2.05) is 24.3 Å². The number of fused-ring (bicyclic) bond motifs is 1. The predicted octanol–water partition coefficient (Wildman–Crippen LogP) is 5.26. The molecule has 4 heteroatoms. The molecule has 4 aliphatic rings. The number of hydrogen-bond acceptors (Lipinski definition) is 4. The van der Waals surface area contributed by atoms with E-state index in [1.165, 1.54) is 38.5 Å². The maximum absolute atomic E-state index is 11.4. The van der Waals surface area contributed by atoms with Gasteiger partial charge in [-0.25, -0.2) is 0 Å². The molecule has 4 nitrogen and oxygen atoms in total. The summed E-state index contributed by atoms with van der Waals surface area (Å²) in [6, 6.07) is 7.73. The second-order valence-electron chi connectivity index (χ2n) is 8.39. The normalized spacial score (nSPS) is 33.8. The SMILES string of the molecule is O=Nc1c(NCC23CC4CC(CC(C4)C2)C3)ccc2ncccc12. The first-order chi connectivity index (χ1) is 11.7. The summed E-state index contributed by atoms with van der Waals surface area (Å²) in [6.07, 6.45) is 10.2. The minimum Gasteiger partial charge on any atom is -0.383 e. The number of anilines is 1. The number of nitroso groups, excluding NO2 is 1. The highest BCUT2D eigenvalue weighted by atomic mass is 16.3. The van der Waals surface area contributed by atoms with E-state index in [9.17, 15) is 4.91 Å². The summed E-state index contributed by atoms with van der Waals surface area (Å²) in [7, 11) is 0. The predicted molar refractivity (Wildman–Crippen MR) is 96.3 cm³/mol. The van der Waals surface area contributed by atoms with Gasteiger partial charge in [-0.2, -0.15) is 0 Å². The maximum atomic E-state index is 11.4. The van der Waals surface area contributed by atoms with Crippen LogP contribution < -0.4 is 5.32 Å². The van der Waals surface area contributed by atoms with Crippen molar-refractivity contribution in [2.75, 3.05) is 11.9 Å². The third-order valence-electron chi connectivity index (χ3n) is 6.67. The summed E-state index contributed by atoms with van der Waals surface area (Å²) in [5, 5.41) is 7.74. The van der Waals surface area contributed by atoms with Gasteiger partial charge in [-0.15, -0.1) is 4.91 Å². The standard InChI is InChI=1S/C20H23N3O/c24-23-19-16-2-1-5-21-17(16)3-4-18(19)22-12-20-9-13-6-14(10-20)8-15(7-13)11-20/h1-5,13-15,22H,6-12H2. The molecule has 0 unspecified atom stereocenters. The quantitative estimate of drug-likeness (QED) is 0.781. The van der Waals surface area contributed by atoms with Crippen LogP contribution in [-0.2, 0) is 0 Å². The minimum atomic E-state index is 0.443. The molecule has 1 N–H and O–H groups in total. The second-order valence-corrected chi connectivity index (χ2v) is 8.39. The summed E-state index contributed by atoms with van der Waals surface area (Å²) in [6.45, 7) is 0.977. The van der Waals surface area contributed by atoms with E-state index < -0.39 is 0 Å². The van der Waals surface area contributed by atoms with Crippen LogP contribution in [0.3, 0.4) is 0 Å². The zero-order valence-corrected chi connectivity index (χ0v) is 13.9. The van der Waals surface area contributed by atoms with Crippen LogP contribution in [0, 0.1) is 28.1 Å². The van der Waals surface area contributed by atoms with Gasteiger partial charge in [-0.05, 0) is 91.1 Å². The summed E-state index contributed by atoms with van der Waals surface area (Å²) < 4.78 is 0. The first kappa shape index (κ1) is 14.4.